The largest absolute Gasteiger partial charge is 0.370 e. The lowest BCUT2D eigenvalue weighted by molar-refractivity contribution is -0.121. The summed E-state index contributed by atoms with van der Waals surface area (Å²) in [5, 5.41) is 7.92. The number of fused-ring (bicyclic) bond motifs is 1. The normalized spacial score (nSPS) is 16.6. The van der Waals surface area contributed by atoms with Crippen LogP contribution in [0.25, 0.3) is 10.9 Å². The van der Waals surface area contributed by atoms with Gasteiger partial charge in [0.05, 0.1) is 10.8 Å². The van der Waals surface area contributed by atoms with Crippen molar-refractivity contribution in [2.24, 2.45) is 0 Å². The summed E-state index contributed by atoms with van der Waals surface area (Å²) in [6.45, 7) is 4.76. The van der Waals surface area contributed by atoms with E-state index in [-0.39, 0.29) is 11.2 Å². The Morgan fingerprint density at radius 1 is 1.24 bits per heavy atom. The van der Waals surface area contributed by atoms with Gasteiger partial charge >= 0.3 is 0 Å². The number of nitrogens with zero attached hydrogens (tertiary/aromatic N) is 2. The van der Waals surface area contributed by atoms with Crippen LogP contribution in [0.3, 0.4) is 0 Å². The Morgan fingerprint density at radius 3 is 2.76 bits per heavy atom. The monoisotopic (exact) mass is 358 g/mol. The first-order valence-electron chi connectivity index (χ1n) is 9.15. The lowest BCUT2D eigenvalue weighted by Gasteiger charge is -2.24. The third kappa shape index (κ3) is 4.63. The summed E-state index contributed by atoms with van der Waals surface area (Å²) in [6, 6.07) is 8.28. The number of carbonyl (C=O) groups is 1. The highest BCUT2D eigenvalue weighted by Crippen LogP contribution is 2.27. The molecule has 0 bridgehead atoms. The number of para-hydroxylation sites is 1. The molecule has 1 aromatic heterocycles. The van der Waals surface area contributed by atoms with Crippen LogP contribution in [0.4, 0.5) is 5.82 Å². The van der Waals surface area contributed by atoms with E-state index in [1.165, 1.54) is 31.0 Å². The number of anilines is 1. The molecule has 0 aliphatic heterocycles. The molecule has 134 valence electrons. The predicted molar refractivity (Wildman–Crippen MR) is 104 cm³/mol. The third-order valence-electron chi connectivity index (χ3n) is 4.53. The fraction of sp³-hybridized carbons (Fsp3) is 0.526. The topological polar surface area (TPSA) is 66.9 Å². The number of benzene rings is 1. The van der Waals surface area contributed by atoms with Crippen LogP contribution in [0.2, 0.25) is 0 Å². The zero-order chi connectivity index (χ0) is 17.6. The lowest BCUT2D eigenvalue weighted by atomic mass is 9.95. The van der Waals surface area contributed by atoms with E-state index < -0.39 is 0 Å². The van der Waals surface area contributed by atoms with Crippen molar-refractivity contribution in [3.05, 3.63) is 24.3 Å². The highest BCUT2D eigenvalue weighted by atomic mass is 32.2. The molecule has 1 unspecified atom stereocenters. The van der Waals surface area contributed by atoms with Crippen LogP contribution in [0.5, 0.6) is 0 Å². The molecule has 3 rings (SSSR count). The molecule has 1 aromatic carbocycles. The quantitative estimate of drug-likeness (QED) is 0.604. The fourth-order valence-electron chi connectivity index (χ4n) is 3.19. The molecule has 0 spiro atoms. The summed E-state index contributed by atoms with van der Waals surface area (Å²) in [4.78, 5) is 21.7. The van der Waals surface area contributed by atoms with Gasteiger partial charge in [0.25, 0.3) is 0 Å². The SMILES string of the molecule is CCNc1nc(SC(C)C(=O)NC2CCCCC2)nc2ccccc12. The number of thioether (sulfide) groups is 1. The van der Waals surface area contributed by atoms with Crippen molar-refractivity contribution in [2.45, 2.75) is 62.4 Å². The Balaban J connectivity index is 1.71. The minimum atomic E-state index is -0.211. The minimum Gasteiger partial charge on any atom is -0.370 e. The fourth-order valence-corrected chi connectivity index (χ4v) is 3.97. The van der Waals surface area contributed by atoms with E-state index in [0.29, 0.717) is 11.2 Å². The van der Waals surface area contributed by atoms with Crippen LogP contribution in [0.1, 0.15) is 46.0 Å². The Morgan fingerprint density at radius 2 is 2.00 bits per heavy atom. The molecule has 1 fully saturated rings. The average molecular weight is 359 g/mol. The number of nitrogens with one attached hydrogen (secondary N) is 2. The van der Waals surface area contributed by atoms with Gasteiger partial charge in [-0.3, -0.25) is 4.79 Å². The van der Waals surface area contributed by atoms with Crippen LogP contribution < -0.4 is 10.6 Å². The zero-order valence-electron chi connectivity index (χ0n) is 14.9. The summed E-state index contributed by atoms with van der Waals surface area (Å²) in [6.07, 6.45) is 5.91. The standard InChI is InChI=1S/C19H26N4OS/c1-3-20-17-15-11-7-8-12-16(15)22-19(23-17)25-13(2)18(24)21-14-9-5-4-6-10-14/h7-8,11-14H,3-6,9-10H2,1-2H3,(H,21,24)(H,20,22,23). The smallest absolute Gasteiger partial charge is 0.233 e. The van der Waals surface area contributed by atoms with Crippen molar-refractivity contribution >= 4 is 34.4 Å². The van der Waals surface area contributed by atoms with Crippen LogP contribution in [-0.4, -0.2) is 33.7 Å². The van der Waals surface area contributed by atoms with Gasteiger partial charge in [0.1, 0.15) is 5.82 Å². The maximum Gasteiger partial charge on any atom is 0.233 e. The first kappa shape index (κ1) is 18.0. The Labute approximate surface area is 153 Å². The van der Waals surface area contributed by atoms with Crippen LogP contribution in [-0.2, 0) is 4.79 Å². The molecule has 0 radical (unpaired) electrons. The molecule has 5 nitrogen and oxygen atoms in total. The molecule has 0 saturated heterocycles. The minimum absolute atomic E-state index is 0.0821. The summed E-state index contributed by atoms with van der Waals surface area (Å²) in [7, 11) is 0. The molecule has 2 aromatic rings. The summed E-state index contributed by atoms with van der Waals surface area (Å²) in [5.74, 6) is 0.911. The summed E-state index contributed by atoms with van der Waals surface area (Å²) < 4.78 is 0. The van der Waals surface area contributed by atoms with Gasteiger partial charge in [-0.25, -0.2) is 9.97 Å². The number of rotatable bonds is 6. The Kier molecular flexibility index (Phi) is 6.13. The second kappa shape index (κ2) is 8.52. The highest BCUT2D eigenvalue weighted by Gasteiger charge is 2.21. The van der Waals surface area contributed by atoms with Crippen molar-refractivity contribution in [1.82, 2.24) is 15.3 Å². The van der Waals surface area contributed by atoms with Crippen LogP contribution in [0.15, 0.2) is 29.4 Å². The second-order valence-corrected chi connectivity index (χ2v) is 7.81. The van der Waals surface area contributed by atoms with Crippen molar-refractivity contribution in [3.63, 3.8) is 0 Å². The molecule has 1 saturated carbocycles. The highest BCUT2D eigenvalue weighted by molar-refractivity contribution is 8.00. The Hall–Kier alpha value is -1.82. The summed E-state index contributed by atoms with van der Waals surface area (Å²) >= 11 is 1.42. The molecule has 2 N–H and O–H groups in total. The van der Waals surface area contributed by atoms with Crippen molar-refractivity contribution in [3.8, 4) is 0 Å². The van der Waals surface area contributed by atoms with E-state index in [2.05, 4.69) is 20.6 Å². The van der Waals surface area contributed by atoms with E-state index >= 15 is 0 Å². The molecule has 1 atom stereocenters. The summed E-state index contributed by atoms with van der Waals surface area (Å²) in [5.41, 5.74) is 0.899. The molecular formula is C19H26N4OS. The maximum atomic E-state index is 12.5. The van der Waals surface area contributed by atoms with E-state index in [4.69, 9.17) is 0 Å². The van der Waals surface area contributed by atoms with Gasteiger partial charge in [-0.15, -0.1) is 0 Å². The third-order valence-corrected chi connectivity index (χ3v) is 5.49. The maximum absolute atomic E-state index is 12.5. The number of hydrogen-bond acceptors (Lipinski definition) is 5. The van der Waals surface area contributed by atoms with Gasteiger partial charge in [-0.1, -0.05) is 43.2 Å². The molecule has 1 heterocycles. The number of carbonyl (C=O) groups excluding carboxylic acids is 1. The Bertz CT molecular complexity index is 730. The number of aromatic nitrogens is 2. The van der Waals surface area contributed by atoms with E-state index in [1.807, 2.05) is 38.1 Å². The molecule has 25 heavy (non-hydrogen) atoms. The molecule has 1 aliphatic rings. The number of hydrogen-bond donors (Lipinski definition) is 2. The average Bonchev–Trinajstić information content (AvgIpc) is 2.63. The van der Waals surface area contributed by atoms with Gasteiger partial charge in [-0.2, -0.15) is 0 Å². The lowest BCUT2D eigenvalue weighted by Crippen LogP contribution is -2.40. The molecule has 6 heteroatoms. The first-order valence-corrected chi connectivity index (χ1v) is 10.0. The number of amides is 1. The van der Waals surface area contributed by atoms with Crippen molar-refractivity contribution in [2.75, 3.05) is 11.9 Å². The molecular weight excluding hydrogens is 332 g/mol. The van der Waals surface area contributed by atoms with Gasteiger partial charge in [0.2, 0.25) is 5.91 Å². The van der Waals surface area contributed by atoms with E-state index in [1.54, 1.807) is 0 Å². The second-order valence-electron chi connectivity index (χ2n) is 6.51. The van der Waals surface area contributed by atoms with Gasteiger partial charge in [0, 0.05) is 18.0 Å². The van der Waals surface area contributed by atoms with E-state index in [0.717, 1.165) is 36.1 Å². The predicted octanol–water partition coefficient (Wildman–Crippen LogP) is 3.99. The van der Waals surface area contributed by atoms with Crippen LogP contribution in [0, 0.1) is 0 Å². The zero-order valence-corrected chi connectivity index (χ0v) is 15.7. The molecule has 1 amide bonds. The van der Waals surface area contributed by atoms with Crippen molar-refractivity contribution in [1.29, 1.82) is 0 Å². The van der Waals surface area contributed by atoms with Crippen LogP contribution >= 0.6 is 11.8 Å². The van der Waals surface area contributed by atoms with E-state index in [9.17, 15) is 4.79 Å². The van der Waals surface area contributed by atoms with Gasteiger partial charge in [0.15, 0.2) is 5.16 Å². The molecule has 1 aliphatic carbocycles. The van der Waals surface area contributed by atoms with Gasteiger partial charge < -0.3 is 10.6 Å². The van der Waals surface area contributed by atoms with Crippen molar-refractivity contribution < 1.29 is 4.79 Å². The first-order chi connectivity index (χ1) is 12.2. The van der Waals surface area contributed by atoms with Gasteiger partial charge in [-0.05, 0) is 38.8 Å².